The number of rotatable bonds is 4. The third kappa shape index (κ3) is 6.44. The third-order valence-corrected chi connectivity index (χ3v) is 5.77. The molecule has 0 radical (unpaired) electrons. The van der Waals surface area contributed by atoms with Crippen LogP contribution in [0.15, 0.2) is 60.9 Å². The lowest BCUT2D eigenvalue weighted by molar-refractivity contribution is -0.105. The van der Waals surface area contributed by atoms with Gasteiger partial charge in [0.25, 0.3) is 0 Å². The van der Waals surface area contributed by atoms with E-state index in [-0.39, 0.29) is 0 Å². The number of fused-ring (bicyclic) bond motifs is 1. The summed E-state index contributed by atoms with van der Waals surface area (Å²) in [7, 11) is 4.10. The molecular weight excluding hydrogens is 431 g/mol. The fourth-order valence-corrected chi connectivity index (χ4v) is 4.34. The molecule has 7 heteroatoms. The second kappa shape index (κ2) is 11.1. The van der Waals surface area contributed by atoms with E-state index >= 15 is 0 Å². The van der Waals surface area contributed by atoms with Gasteiger partial charge < -0.3 is 15.5 Å². The van der Waals surface area contributed by atoms with Crippen LogP contribution in [0.2, 0.25) is 10.0 Å². The number of nitrogens with one attached hydrogen (secondary N) is 2. The van der Waals surface area contributed by atoms with E-state index in [1.54, 1.807) is 24.5 Å². The molecule has 4 rings (SSSR count). The van der Waals surface area contributed by atoms with Crippen molar-refractivity contribution < 1.29 is 4.79 Å². The van der Waals surface area contributed by atoms with Crippen molar-refractivity contribution in [2.24, 2.45) is 0 Å². The van der Waals surface area contributed by atoms with E-state index < -0.39 is 0 Å². The summed E-state index contributed by atoms with van der Waals surface area (Å²) in [6.07, 6.45) is 4.81. The first-order chi connectivity index (χ1) is 15.0. The minimum absolute atomic E-state index is 0.439. The van der Waals surface area contributed by atoms with E-state index in [9.17, 15) is 4.79 Å². The Bertz CT molecular complexity index is 1010. The molecule has 3 aromatic rings. The molecule has 2 aromatic carbocycles. The smallest absolute Gasteiger partial charge is 0.211 e. The molecule has 0 spiro atoms. The lowest BCUT2D eigenvalue weighted by Gasteiger charge is -2.21. The highest BCUT2D eigenvalue weighted by atomic mass is 35.5. The van der Waals surface area contributed by atoms with Crippen LogP contribution in [0.5, 0.6) is 0 Å². The Morgan fingerprint density at radius 1 is 1.13 bits per heavy atom. The highest BCUT2D eigenvalue weighted by molar-refractivity contribution is 6.35. The van der Waals surface area contributed by atoms with E-state index in [1.807, 2.05) is 13.1 Å². The number of halogens is 2. The molecule has 1 aromatic heterocycles. The molecule has 0 fully saturated rings. The van der Waals surface area contributed by atoms with Gasteiger partial charge in [-0.2, -0.15) is 0 Å². The van der Waals surface area contributed by atoms with E-state index in [0.29, 0.717) is 18.0 Å². The lowest BCUT2D eigenvalue weighted by atomic mass is 9.91. The average molecular weight is 457 g/mol. The normalized spacial score (nSPS) is 15.7. The van der Waals surface area contributed by atoms with Gasteiger partial charge in [-0.1, -0.05) is 35.3 Å². The summed E-state index contributed by atoms with van der Waals surface area (Å²) >= 11 is 12.6. The van der Waals surface area contributed by atoms with Gasteiger partial charge in [-0.15, -0.1) is 0 Å². The molecular formula is C24H26Cl2N4O. The first-order valence-electron chi connectivity index (χ1n) is 10.0. The van der Waals surface area contributed by atoms with Crippen molar-refractivity contribution in [3.63, 3.8) is 0 Å². The molecule has 1 atom stereocenters. The molecule has 31 heavy (non-hydrogen) atoms. The van der Waals surface area contributed by atoms with Gasteiger partial charge in [0.15, 0.2) is 0 Å². The molecule has 2 N–H and O–H groups in total. The van der Waals surface area contributed by atoms with Crippen molar-refractivity contribution >= 4 is 41.0 Å². The van der Waals surface area contributed by atoms with Crippen molar-refractivity contribution in [3.05, 3.63) is 87.7 Å². The molecule has 0 saturated carbocycles. The van der Waals surface area contributed by atoms with Crippen molar-refractivity contribution in [1.82, 2.24) is 9.88 Å². The maximum absolute atomic E-state index is 9.84. The van der Waals surface area contributed by atoms with Gasteiger partial charge in [-0.25, -0.2) is 0 Å². The maximum Gasteiger partial charge on any atom is 0.211 e. The van der Waals surface area contributed by atoms with Crippen LogP contribution in [-0.2, 0) is 17.8 Å². The quantitative estimate of drug-likeness (QED) is 0.511. The second-order valence-electron chi connectivity index (χ2n) is 7.50. The van der Waals surface area contributed by atoms with Crippen molar-refractivity contribution in [2.75, 3.05) is 31.3 Å². The Hall–Kier alpha value is -2.60. The van der Waals surface area contributed by atoms with Gasteiger partial charge in [0.05, 0.1) is 11.9 Å². The van der Waals surface area contributed by atoms with Crippen molar-refractivity contribution in [3.8, 4) is 0 Å². The number of hydrogen-bond donors (Lipinski definition) is 2. The molecule has 0 bridgehead atoms. The summed E-state index contributed by atoms with van der Waals surface area (Å²) in [6.45, 7) is 1.88. The number of aromatic nitrogens is 1. The number of carbonyl (C=O) groups excluding carboxylic acids is 1. The number of likely N-dealkylation sites (N-methyl/N-ethyl adjacent to an activating group) is 1. The molecule has 2 heterocycles. The predicted molar refractivity (Wildman–Crippen MR) is 129 cm³/mol. The molecule has 0 aliphatic carbocycles. The zero-order valence-corrected chi connectivity index (χ0v) is 19.1. The first-order valence-corrected chi connectivity index (χ1v) is 10.8. The largest absolute Gasteiger partial charge is 0.388 e. The topological polar surface area (TPSA) is 57.3 Å². The second-order valence-corrected chi connectivity index (χ2v) is 8.35. The van der Waals surface area contributed by atoms with E-state index in [1.165, 1.54) is 16.7 Å². The van der Waals surface area contributed by atoms with Crippen LogP contribution in [0, 0.1) is 0 Å². The maximum atomic E-state index is 9.84. The molecule has 1 unspecified atom stereocenters. The SMILES string of the molecule is CNc1cccc(C2Cc3cc(Cl)cc(Cl)c3CN(C)C2)c1.O=CNc1cccnc1. The Morgan fingerprint density at radius 2 is 1.94 bits per heavy atom. The van der Waals surface area contributed by atoms with Crippen molar-refractivity contribution in [2.45, 2.75) is 18.9 Å². The number of hydrogen-bond acceptors (Lipinski definition) is 4. The average Bonchev–Trinajstić information content (AvgIpc) is 2.94. The Balaban J connectivity index is 0.000000254. The molecule has 1 amide bonds. The van der Waals surface area contributed by atoms with E-state index in [4.69, 9.17) is 23.2 Å². The van der Waals surface area contributed by atoms with Gasteiger partial charge in [0.2, 0.25) is 6.41 Å². The lowest BCUT2D eigenvalue weighted by Crippen LogP contribution is -2.22. The predicted octanol–water partition coefficient (Wildman–Crippen LogP) is 5.46. The molecule has 162 valence electrons. The summed E-state index contributed by atoms with van der Waals surface area (Å²) in [4.78, 5) is 16.0. The van der Waals surface area contributed by atoms with Gasteiger partial charge in [0, 0.05) is 48.0 Å². The Morgan fingerprint density at radius 3 is 2.65 bits per heavy atom. The van der Waals surface area contributed by atoms with Crippen LogP contribution >= 0.6 is 23.2 Å². The van der Waals surface area contributed by atoms with Crippen LogP contribution in [0.3, 0.4) is 0 Å². The fourth-order valence-electron chi connectivity index (χ4n) is 3.74. The number of amides is 1. The van der Waals surface area contributed by atoms with Crippen LogP contribution in [0.25, 0.3) is 0 Å². The number of pyridine rings is 1. The summed E-state index contributed by atoms with van der Waals surface area (Å²) < 4.78 is 0. The zero-order chi connectivity index (χ0) is 22.2. The highest BCUT2D eigenvalue weighted by Crippen LogP contribution is 2.34. The standard InChI is InChI=1S/C18H20Cl2N2.C6H6N2O/c1-21-16-5-3-4-12(8-16)14-6-13-7-15(19)9-18(20)17(13)11-22(2)10-14;9-5-8-6-2-1-3-7-4-6/h3-5,7-9,14,21H,6,10-11H2,1-2H3;1-5H,(H,8,9). The third-order valence-electron chi connectivity index (χ3n) is 5.21. The van der Waals surface area contributed by atoms with Crippen LogP contribution in [0.1, 0.15) is 22.6 Å². The summed E-state index contributed by atoms with van der Waals surface area (Å²) in [5.74, 6) is 0.439. The number of benzene rings is 2. The van der Waals surface area contributed by atoms with E-state index in [2.05, 4.69) is 57.9 Å². The molecule has 0 saturated heterocycles. The van der Waals surface area contributed by atoms with Crippen LogP contribution in [0.4, 0.5) is 11.4 Å². The highest BCUT2D eigenvalue weighted by Gasteiger charge is 2.23. The van der Waals surface area contributed by atoms with Crippen molar-refractivity contribution in [1.29, 1.82) is 0 Å². The molecule has 1 aliphatic rings. The monoisotopic (exact) mass is 456 g/mol. The van der Waals surface area contributed by atoms with Gasteiger partial charge in [0.1, 0.15) is 0 Å². The van der Waals surface area contributed by atoms with Crippen LogP contribution in [-0.4, -0.2) is 36.9 Å². The minimum atomic E-state index is 0.439. The zero-order valence-electron chi connectivity index (χ0n) is 17.6. The molecule has 1 aliphatic heterocycles. The first kappa shape index (κ1) is 23.1. The number of nitrogens with zero attached hydrogens (tertiary/aromatic N) is 2. The Labute approximate surface area is 193 Å². The van der Waals surface area contributed by atoms with Gasteiger partial charge in [-0.3, -0.25) is 9.78 Å². The Kier molecular flexibility index (Phi) is 8.29. The number of carbonyl (C=O) groups is 1. The number of anilines is 2. The van der Waals surface area contributed by atoms with Gasteiger partial charge >= 0.3 is 0 Å². The molecule has 5 nitrogen and oxygen atoms in total. The summed E-state index contributed by atoms with van der Waals surface area (Å²) in [5, 5.41) is 7.17. The summed E-state index contributed by atoms with van der Waals surface area (Å²) in [6, 6.07) is 16.1. The minimum Gasteiger partial charge on any atom is -0.388 e. The van der Waals surface area contributed by atoms with Gasteiger partial charge in [-0.05, 0) is 66.6 Å². The summed E-state index contributed by atoms with van der Waals surface area (Å²) in [5.41, 5.74) is 5.69. The fraction of sp³-hybridized carbons (Fsp3) is 0.250. The van der Waals surface area contributed by atoms with Crippen LogP contribution < -0.4 is 10.6 Å². The van der Waals surface area contributed by atoms with E-state index in [0.717, 1.165) is 35.2 Å².